The van der Waals surface area contributed by atoms with Crippen molar-refractivity contribution in [2.75, 3.05) is 24.7 Å². The number of hydrogen-bond acceptors (Lipinski definition) is 6. The highest BCUT2D eigenvalue weighted by molar-refractivity contribution is 5.34. The SMILES string of the molecule is Cc1ccc(C(NCc2nc(N)nc(N(C)C)n2)c2ccccc2)cc1. The quantitative estimate of drug-likeness (QED) is 0.713. The Morgan fingerprint density at radius 2 is 1.58 bits per heavy atom. The zero-order chi connectivity index (χ0) is 18.5. The molecule has 0 amide bonds. The molecular weight excluding hydrogens is 324 g/mol. The summed E-state index contributed by atoms with van der Waals surface area (Å²) in [4.78, 5) is 14.7. The molecule has 3 N–H and O–H groups in total. The molecule has 2 aromatic carbocycles. The molecule has 0 saturated heterocycles. The van der Waals surface area contributed by atoms with Gasteiger partial charge in [0, 0.05) is 14.1 Å². The highest BCUT2D eigenvalue weighted by Crippen LogP contribution is 2.23. The van der Waals surface area contributed by atoms with E-state index in [1.54, 1.807) is 0 Å². The van der Waals surface area contributed by atoms with Gasteiger partial charge < -0.3 is 10.6 Å². The van der Waals surface area contributed by atoms with Crippen molar-refractivity contribution in [3.05, 3.63) is 77.1 Å². The summed E-state index contributed by atoms with van der Waals surface area (Å²) in [5, 5.41) is 3.55. The van der Waals surface area contributed by atoms with E-state index in [9.17, 15) is 0 Å². The first-order valence-corrected chi connectivity index (χ1v) is 8.55. The average Bonchev–Trinajstić information content (AvgIpc) is 2.64. The highest BCUT2D eigenvalue weighted by Gasteiger charge is 2.15. The van der Waals surface area contributed by atoms with Gasteiger partial charge in [0.25, 0.3) is 0 Å². The Labute approximate surface area is 154 Å². The van der Waals surface area contributed by atoms with Crippen molar-refractivity contribution in [1.29, 1.82) is 0 Å². The smallest absolute Gasteiger partial charge is 0.229 e. The molecule has 0 spiro atoms. The fourth-order valence-corrected chi connectivity index (χ4v) is 2.73. The standard InChI is InChI=1S/C20H24N6/c1-14-9-11-16(12-10-14)18(15-7-5-4-6-8-15)22-13-17-23-19(21)25-20(24-17)26(2)3/h4-12,18,22H,13H2,1-3H3,(H2,21,23,24,25). The molecule has 1 aromatic heterocycles. The van der Waals surface area contributed by atoms with Crippen LogP contribution in [0.2, 0.25) is 0 Å². The molecule has 0 aliphatic carbocycles. The van der Waals surface area contributed by atoms with Crippen molar-refractivity contribution in [2.45, 2.75) is 19.5 Å². The lowest BCUT2D eigenvalue weighted by molar-refractivity contribution is 0.585. The second kappa shape index (κ2) is 7.93. The van der Waals surface area contributed by atoms with Crippen molar-refractivity contribution >= 4 is 11.9 Å². The van der Waals surface area contributed by atoms with Crippen LogP contribution < -0.4 is 16.0 Å². The summed E-state index contributed by atoms with van der Waals surface area (Å²) >= 11 is 0. The monoisotopic (exact) mass is 348 g/mol. The lowest BCUT2D eigenvalue weighted by Gasteiger charge is -2.20. The lowest BCUT2D eigenvalue weighted by atomic mass is 9.98. The predicted octanol–water partition coefficient (Wildman–Crippen LogP) is 2.71. The van der Waals surface area contributed by atoms with Gasteiger partial charge in [-0.3, -0.25) is 5.32 Å². The first-order valence-electron chi connectivity index (χ1n) is 8.55. The minimum atomic E-state index is 0.0394. The summed E-state index contributed by atoms with van der Waals surface area (Å²) in [6.07, 6.45) is 0. The number of nitrogen functional groups attached to an aromatic ring is 1. The van der Waals surface area contributed by atoms with Gasteiger partial charge in [0.05, 0.1) is 12.6 Å². The summed E-state index contributed by atoms with van der Waals surface area (Å²) in [5.74, 6) is 1.40. The molecule has 134 valence electrons. The maximum absolute atomic E-state index is 5.83. The number of nitrogens with two attached hydrogens (primary N) is 1. The van der Waals surface area contributed by atoms with Gasteiger partial charge in [0.1, 0.15) is 5.82 Å². The van der Waals surface area contributed by atoms with Crippen LogP contribution in [0.4, 0.5) is 11.9 Å². The van der Waals surface area contributed by atoms with E-state index in [0.717, 1.165) is 0 Å². The second-order valence-electron chi connectivity index (χ2n) is 6.44. The Kier molecular flexibility index (Phi) is 5.43. The fraction of sp³-hybridized carbons (Fsp3) is 0.250. The Balaban J connectivity index is 1.86. The van der Waals surface area contributed by atoms with E-state index in [1.807, 2.05) is 37.2 Å². The van der Waals surface area contributed by atoms with Crippen molar-refractivity contribution in [2.24, 2.45) is 0 Å². The molecule has 1 atom stereocenters. The third kappa shape index (κ3) is 4.34. The minimum absolute atomic E-state index is 0.0394. The summed E-state index contributed by atoms with van der Waals surface area (Å²) in [6.45, 7) is 2.58. The van der Waals surface area contributed by atoms with Crippen LogP contribution in [-0.2, 0) is 6.54 Å². The largest absolute Gasteiger partial charge is 0.368 e. The molecular formula is C20H24N6. The molecule has 0 fully saturated rings. The van der Waals surface area contributed by atoms with E-state index >= 15 is 0 Å². The molecule has 3 aromatic rings. The van der Waals surface area contributed by atoms with E-state index in [4.69, 9.17) is 5.73 Å². The van der Waals surface area contributed by atoms with Gasteiger partial charge in [0.15, 0.2) is 0 Å². The number of nitrogens with one attached hydrogen (secondary N) is 1. The van der Waals surface area contributed by atoms with E-state index < -0.39 is 0 Å². The van der Waals surface area contributed by atoms with Gasteiger partial charge in [0.2, 0.25) is 11.9 Å². The second-order valence-corrected chi connectivity index (χ2v) is 6.44. The van der Waals surface area contributed by atoms with Crippen LogP contribution in [-0.4, -0.2) is 29.0 Å². The van der Waals surface area contributed by atoms with Gasteiger partial charge >= 0.3 is 0 Å². The van der Waals surface area contributed by atoms with Gasteiger partial charge in [-0.15, -0.1) is 0 Å². The van der Waals surface area contributed by atoms with Gasteiger partial charge in [-0.1, -0.05) is 60.2 Å². The van der Waals surface area contributed by atoms with Crippen LogP contribution in [0.1, 0.15) is 28.6 Å². The van der Waals surface area contributed by atoms with Gasteiger partial charge in [-0.05, 0) is 18.1 Å². The van der Waals surface area contributed by atoms with Gasteiger partial charge in [-0.25, -0.2) is 0 Å². The van der Waals surface area contributed by atoms with Crippen LogP contribution in [0, 0.1) is 6.92 Å². The Hall–Kier alpha value is -2.99. The van der Waals surface area contributed by atoms with E-state index in [2.05, 4.69) is 63.6 Å². The van der Waals surface area contributed by atoms with E-state index in [-0.39, 0.29) is 12.0 Å². The lowest BCUT2D eigenvalue weighted by Crippen LogP contribution is -2.24. The number of anilines is 2. The van der Waals surface area contributed by atoms with Crippen LogP contribution in [0.3, 0.4) is 0 Å². The van der Waals surface area contributed by atoms with Gasteiger partial charge in [-0.2, -0.15) is 15.0 Å². The zero-order valence-electron chi connectivity index (χ0n) is 15.3. The highest BCUT2D eigenvalue weighted by atomic mass is 15.3. The average molecular weight is 348 g/mol. The molecule has 26 heavy (non-hydrogen) atoms. The number of benzene rings is 2. The first-order chi connectivity index (χ1) is 12.5. The molecule has 0 bridgehead atoms. The molecule has 6 heteroatoms. The number of aromatic nitrogens is 3. The molecule has 6 nitrogen and oxygen atoms in total. The summed E-state index contributed by atoms with van der Waals surface area (Å²) < 4.78 is 0. The first kappa shape index (κ1) is 17.8. The Morgan fingerprint density at radius 1 is 0.923 bits per heavy atom. The molecule has 3 rings (SSSR count). The molecule has 0 aliphatic rings. The van der Waals surface area contributed by atoms with Crippen LogP contribution >= 0.6 is 0 Å². The topological polar surface area (TPSA) is 80.0 Å². The number of rotatable bonds is 6. The maximum Gasteiger partial charge on any atom is 0.229 e. The normalized spacial score (nSPS) is 12.0. The minimum Gasteiger partial charge on any atom is -0.368 e. The Morgan fingerprint density at radius 3 is 2.23 bits per heavy atom. The molecule has 1 heterocycles. The van der Waals surface area contributed by atoms with Crippen molar-refractivity contribution in [3.8, 4) is 0 Å². The van der Waals surface area contributed by atoms with E-state index in [1.165, 1.54) is 16.7 Å². The van der Waals surface area contributed by atoms with Crippen LogP contribution in [0.25, 0.3) is 0 Å². The molecule has 0 saturated carbocycles. The van der Waals surface area contributed by atoms with E-state index in [0.29, 0.717) is 18.3 Å². The molecule has 1 unspecified atom stereocenters. The molecule has 0 aliphatic heterocycles. The molecule has 0 radical (unpaired) electrons. The number of aryl methyl sites for hydroxylation is 1. The van der Waals surface area contributed by atoms with Crippen LogP contribution in [0.5, 0.6) is 0 Å². The maximum atomic E-state index is 5.83. The van der Waals surface area contributed by atoms with Crippen molar-refractivity contribution < 1.29 is 0 Å². The third-order valence-electron chi connectivity index (χ3n) is 4.10. The summed E-state index contributed by atoms with van der Waals surface area (Å²) in [5.41, 5.74) is 9.44. The Bertz CT molecular complexity index is 846. The number of hydrogen-bond donors (Lipinski definition) is 2. The summed E-state index contributed by atoms with van der Waals surface area (Å²) in [6, 6.07) is 18.9. The number of nitrogens with zero attached hydrogens (tertiary/aromatic N) is 4. The zero-order valence-corrected chi connectivity index (χ0v) is 15.3. The summed E-state index contributed by atoms with van der Waals surface area (Å²) in [7, 11) is 3.76. The van der Waals surface area contributed by atoms with Crippen LogP contribution in [0.15, 0.2) is 54.6 Å². The third-order valence-corrected chi connectivity index (χ3v) is 4.10. The van der Waals surface area contributed by atoms with Crippen molar-refractivity contribution in [1.82, 2.24) is 20.3 Å². The van der Waals surface area contributed by atoms with Crippen molar-refractivity contribution in [3.63, 3.8) is 0 Å². The fourth-order valence-electron chi connectivity index (χ4n) is 2.73. The predicted molar refractivity (Wildman–Crippen MR) is 105 cm³/mol.